The van der Waals surface area contributed by atoms with Gasteiger partial charge in [0.25, 0.3) is 0 Å². The number of rotatable bonds is 0. The molecule has 4 heteroatoms. The highest BCUT2D eigenvalue weighted by Gasteiger charge is 2.19. The van der Waals surface area contributed by atoms with Gasteiger partial charge in [-0.25, -0.2) is 0 Å². The van der Waals surface area contributed by atoms with E-state index in [0.29, 0.717) is 26.1 Å². The molecule has 6 heterocycles. The Morgan fingerprint density at radius 2 is 0.742 bits per heavy atom. The number of fused-ring (bicyclic) bond motifs is 4. The summed E-state index contributed by atoms with van der Waals surface area (Å²) in [4.78, 5) is 0. The third-order valence-corrected chi connectivity index (χ3v) is 11.4. The molecule has 6 aliphatic heterocycles. The maximum absolute atomic E-state index is 6.52. The van der Waals surface area contributed by atoms with Crippen LogP contribution >= 0.6 is 0 Å². The van der Waals surface area contributed by atoms with Gasteiger partial charge in [-0.1, -0.05) is 152 Å². The number of ether oxygens (including phenoxy) is 4. The Bertz CT molecular complexity index is 2830. The first-order valence-electron chi connectivity index (χ1n) is 21.1. The van der Waals surface area contributed by atoms with Crippen LogP contribution in [0.4, 0.5) is 0 Å². The van der Waals surface area contributed by atoms with Crippen LogP contribution in [0.1, 0.15) is 22.3 Å². The predicted octanol–water partition coefficient (Wildman–Crippen LogP) is 14.7. The normalized spacial score (nSPS) is 13.5. The zero-order valence-electron chi connectivity index (χ0n) is 34.2. The molecule has 0 saturated carbocycles. The molecule has 4 nitrogen and oxygen atoms in total. The third-order valence-electron chi connectivity index (χ3n) is 11.4. The molecule has 0 unspecified atom stereocenters. The highest BCUT2D eigenvalue weighted by Crippen LogP contribution is 2.45. The van der Waals surface area contributed by atoms with Crippen molar-refractivity contribution in [2.45, 2.75) is 26.1 Å². The smallest absolute Gasteiger partial charge is 0.135 e. The van der Waals surface area contributed by atoms with Crippen molar-refractivity contribution in [3.05, 3.63) is 241 Å². The van der Waals surface area contributed by atoms with Crippen molar-refractivity contribution in [2.24, 2.45) is 0 Å². The Labute approximate surface area is 362 Å². The van der Waals surface area contributed by atoms with Crippen LogP contribution in [-0.2, 0) is 26.1 Å². The van der Waals surface area contributed by atoms with Crippen molar-refractivity contribution in [1.82, 2.24) is 0 Å². The highest BCUT2D eigenvalue weighted by atomic mass is 16.5. The van der Waals surface area contributed by atoms with Gasteiger partial charge in [0, 0.05) is 11.1 Å². The molecule has 0 fully saturated rings. The molecule has 9 aromatic rings. The van der Waals surface area contributed by atoms with Gasteiger partial charge in [-0.3, -0.25) is 0 Å². The first-order chi connectivity index (χ1) is 30.7. The van der Waals surface area contributed by atoms with Gasteiger partial charge in [0.1, 0.15) is 36.2 Å². The van der Waals surface area contributed by atoms with E-state index < -0.39 is 0 Å². The molecule has 9 aromatic carbocycles. The van der Waals surface area contributed by atoms with E-state index in [1.165, 1.54) is 22.3 Å². The molecule has 6 aliphatic rings. The lowest BCUT2D eigenvalue weighted by atomic mass is 9.92. The van der Waals surface area contributed by atoms with Crippen LogP contribution in [0.3, 0.4) is 0 Å². The first-order valence-corrected chi connectivity index (χ1v) is 21.1. The molecule has 10 bridgehead atoms. The summed E-state index contributed by atoms with van der Waals surface area (Å²) in [6.07, 6.45) is 9.11. The van der Waals surface area contributed by atoms with E-state index >= 15 is 0 Å². The largest absolute Gasteiger partial charge is 0.489 e. The van der Waals surface area contributed by atoms with E-state index in [1.807, 2.05) is 24.3 Å². The second kappa shape index (κ2) is 17.8. The summed E-state index contributed by atoms with van der Waals surface area (Å²) in [5, 5.41) is 4.42. The second-order valence-electron chi connectivity index (χ2n) is 15.5. The van der Waals surface area contributed by atoms with Crippen LogP contribution in [0.2, 0.25) is 0 Å². The molecule has 0 saturated heterocycles. The molecular weight excluding hydrogens is 761 g/mol. The van der Waals surface area contributed by atoms with E-state index in [9.17, 15) is 0 Å². The van der Waals surface area contributed by atoms with Gasteiger partial charge in [-0.15, -0.1) is 0 Å². The Balaban J connectivity index is 0.960. The highest BCUT2D eigenvalue weighted by molar-refractivity contribution is 6.09. The minimum Gasteiger partial charge on any atom is -0.489 e. The average molecular weight is 805 g/mol. The van der Waals surface area contributed by atoms with Crippen LogP contribution in [0.5, 0.6) is 23.0 Å². The Hall–Kier alpha value is -7.82. The van der Waals surface area contributed by atoms with Gasteiger partial charge in [0.2, 0.25) is 0 Å². The van der Waals surface area contributed by atoms with Crippen molar-refractivity contribution in [3.63, 3.8) is 0 Å². The Morgan fingerprint density at radius 3 is 1.19 bits per heavy atom. The average Bonchev–Trinajstić information content (AvgIpc) is 3.33. The van der Waals surface area contributed by atoms with E-state index in [2.05, 4.69) is 182 Å². The van der Waals surface area contributed by atoms with Crippen LogP contribution in [0.15, 0.2) is 219 Å². The van der Waals surface area contributed by atoms with E-state index in [1.54, 1.807) is 12.5 Å². The van der Waals surface area contributed by atoms with Gasteiger partial charge in [-0.2, -0.15) is 0 Å². The maximum Gasteiger partial charge on any atom is 0.135 e. The van der Waals surface area contributed by atoms with Crippen molar-refractivity contribution in [1.29, 1.82) is 0 Å². The van der Waals surface area contributed by atoms with Gasteiger partial charge < -0.3 is 18.9 Å². The lowest BCUT2D eigenvalue weighted by molar-refractivity contribution is 0.306. The second-order valence-corrected chi connectivity index (χ2v) is 15.5. The zero-order chi connectivity index (χ0) is 41.5. The number of hydrogen-bond acceptors (Lipinski definition) is 4. The molecule has 300 valence electrons. The minimum absolute atomic E-state index is 0.489. The molecule has 15 rings (SSSR count). The zero-order valence-corrected chi connectivity index (χ0v) is 34.2. The molecular formula is C58H44O4. The van der Waals surface area contributed by atoms with Crippen LogP contribution in [0, 0.1) is 0 Å². The molecule has 0 radical (unpaired) electrons. The summed E-state index contributed by atoms with van der Waals surface area (Å²) >= 11 is 0. The van der Waals surface area contributed by atoms with Crippen molar-refractivity contribution >= 4 is 21.5 Å². The molecule has 0 aromatic heterocycles. The van der Waals surface area contributed by atoms with Crippen LogP contribution in [-0.4, -0.2) is 0 Å². The summed E-state index contributed by atoms with van der Waals surface area (Å²) in [5.41, 5.74) is 11.2. The molecule has 0 amide bonds. The monoisotopic (exact) mass is 804 g/mol. The fraction of sp³-hybridized carbons (Fsp3) is 0.0690. The molecule has 0 aliphatic carbocycles. The standard InChI is InChI=1S/C58H44O4/c1-3-14-53-47(10-1)28-34-55-57(53)58-54-15-4-2-11-48(54)29-35-56(58)60-37-7-9-42-22-32-52(33-23-42)62-40-44-18-26-46(27-19-44)50-13-5-12-49(38-50)45-24-16-43(17-25-45)39-61-51-30-20-41(21-31-51)8-6-36-59-55/h1-7,10-38H,8-9,39-40H2/b36-6-,37-7?. The van der Waals surface area contributed by atoms with Gasteiger partial charge in [-0.05, 0) is 134 Å². The Morgan fingerprint density at radius 1 is 0.323 bits per heavy atom. The predicted molar refractivity (Wildman–Crippen MR) is 253 cm³/mol. The Kier molecular flexibility index (Phi) is 11.0. The van der Waals surface area contributed by atoms with Gasteiger partial charge in [0.05, 0.1) is 12.5 Å². The number of allylic oxidation sites excluding steroid dienone is 2. The van der Waals surface area contributed by atoms with Crippen molar-refractivity contribution in [2.75, 3.05) is 0 Å². The van der Waals surface area contributed by atoms with Gasteiger partial charge in [0.15, 0.2) is 0 Å². The van der Waals surface area contributed by atoms with E-state index in [0.717, 1.165) is 77.9 Å². The number of benzene rings is 9. The SMILES string of the molecule is C1=COc2ccc3ccccc3c2-c2c(ccc3ccccc23)O/C=C\Cc2ccc(cc2)OCc2ccc(cc2)-c2cccc(c2)-c2ccc(cc2)COc2ccc(cc2)C1. The fourth-order valence-corrected chi connectivity index (χ4v) is 8.07. The summed E-state index contributed by atoms with van der Waals surface area (Å²) in [7, 11) is 0. The third kappa shape index (κ3) is 8.58. The van der Waals surface area contributed by atoms with Crippen molar-refractivity contribution in [3.8, 4) is 56.4 Å². The molecule has 0 N–H and O–H groups in total. The quantitative estimate of drug-likeness (QED) is 0.153. The molecule has 62 heavy (non-hydrogen) atoms. The summed E-state index contributed by atoms with van der Waals surface area (Å²) in [5.74, 6) is 3.17. The van der Waals surface area contributed by atoms with E-state index in [-0.39, 0.29) is 0 Å². The minimum atomic E-state index is 0.489. The van der Waals surface area contributed by atoms with Crippen LogP contribution < -0.4 is 18.9 Å². The van der Waals surface area contributed by atoms with Gasteiger partial charge >= 0.3 is 0 Å². The topological polar surface area (TPSA) is 36.9 Å². The summed E-state index contributed by atoms with van der Waals surface area (Å²) in [6, 6.07) is 67.7. The van der Waals surface area contributed by atoms with E-state index in [4.69, 9.17) is 18.9 Å². The molecule has 0 atom stereocenters. The van der Waals surface area contributed by atoms with Crippen LogP contribution in [0.25, 0.3) is 54.9 Å². The lowest BCUT2D eigenvalue weighted by Crippen LogP contribution is -1.96. The fourth-order valence-electron chi connectivity index (χ4n) is 8.07. The summed E-state index contributed by atoms with van der Waals surface area (Å²) in [6.45, 7) is 0.977. The maximum atomic E-state index is 6.52. The number of hydrogen-bond donors (Lipinski definition) is 0. The molecule has 0 spiro atoms. The first kappa shape index (κ1) is 38.4. The summed E-state index contributed by atoms with van der Waals surface area (Å²) < 4.78 is 25.4. The van der Waals surface area contributed by atoms with Crippen molar-refractivity contribution < 1.29 is 18.9 Å². The lowest BCUT2D eigenvalue weighted by Gasteiger charge is -2.18.